The summed E-state index contributed by atoms with van der Waals surface area (Å²) in [6, 6.07) is 0. The molecule has 0 N–H and O–H groups in total. The molecule has 0 saturated heterocycles. The second kappa shape index (κ2) is 26.1. The maximum Gasteiger partial charge on any atom is 0.469 e. The first-order valence-corrected chi connectivity index (χ1v) is 19.2. The molecule has 0 unspecified atom stereocenters. The summed E-state index contributed by atoms with van der Waals surface area (Å²) in [5.74, 6) is -0.357. The number of hydrogen-bond donors (Lipinski definition) is 0. The molecule has 0 radical (unpaired) electrons. The van der Waals surface area contributed by atoms with Gasteiger partial charge in [0, 0.05) is 23.9 Å². The zero-order valence-electron chi connectivity index (χ0n) is 27.3. The van der Waals surface area contributed by atoms with Crippen LogP contribution in [0.15, 0.2) is 0 Å². The van der Waals surface area contributed by atoms with E-state index in [9.17, 15) is 9.59 Å². The summed E-state index contributed by atoms with van der Waals surface area (Å²) in [5.41, 5.74) is 0.0834. The molecular weight excluding hydrogens is 500 g/mol. The molecule has 0 rings (SSSR count). The number of rotatable bonds is 28. The normalized spacial score (nSPS) is 11.9. The van der Waals surface area contributed by atoms with Crippen molar-refractivity contribution in [1.29, 1.82) is 0 Å². The number of hydrogen-bond acceptors (Lipinski definition) is 4. The Hall–Kier alpha value is -0.843. The Morgan fingerprint density at radius 2 is 0.667 bits per heavy atom. The number of carbonyl (C=O) groups is 2. The zero-order valence-corrected chi connectivity index (χ0v) is 28.3. The molecular formula is C34H68O4Si. The van der Waals surface area contributed by atoms with Gasteiger partial charge in [-0.25, -0.2) is 0 Å². The monoisotopic (exact) mass is 568 g/mol. The van der Waals surface area contributed by atoms with Gasteiger partial charge in [0.1, 0.15) is 0 Å². The summed E-state index contributed by atoms with van der Waals surface area (Å²) in [6.45, 7) is 12.7. The standard InChI is InChI=1S/C34H68O4Si/c1-7-9-11-13-15-17-19-21-23-25-27-29-33(35)37-39(31(3)4,32(5)6)38-34(36)30-28-26-24-22-20-18-16-14-12-10-8-2/h31-32H,7-30H2,1-6H3. The molecule has 0 aromatic rings. The lowest BCUT2D eigenvalue weighted by Gasteiger charge is -2.35. The average Bonchev–Trinajstić information content (AvgIpc) is 2.89. The minimum atomic E-state index is -2.98. The van der Waals surface area contributed by atoms with Crippen molar-refractivity contribution in [2.45, 2.75) is 207 Å². The van der Waals surface area contributed by atoms with Crippen LogP contribution >= 0.6 is 0 Å². The fraction of sp³-hybridized carbons (Fsp3) is 0.941. The van der Waals surface area contributed by atoms with E-state index >= 15 is 0 Å². The molecule has 0 heterocycles. The van der Waals surface area contributed by atoms with Gasteiger partial charge in [-0.1, -0.05) is 170 Å². The summed E-state index contributed by atoms with van der Waals surface area (Å²) < 4.78 is 12.2. The highest BCUT2D eigenvalue weighted by atomic mass is 28.4. The third-order valence-corrected chi connectivity index (χ3v) is 12.4. The van der Waals surface area contributed by atoms with Crippen LogP contribution in [-0.4, -0.2) is 20.5 Å². The highest BCUT2D eigenvalue weighted by Crippen LogP contribution is 2.35. The van der Waals surface area contributed by atoms with E-state index in [0.29, 0.717) is 12.8 Å². The van der Waals surface area contributed by atoms with E-state index in [-0.39, 0.29) is 23.0 Å². The van der Waals surface area contributed by atoms with Gasteiger partial charge >= 0.3 is 8.56 Å². The smallest absolute Gasteiger partial charge is 0.469 e. The highest BCUT2D eigenvalue weighted by Gasteiger charge is 2.51. The average molecular weight is 569 g/mol. The summed E-state index contributed by atoms with van der Waals surface area (Å²) >= 11 is 0. The molecule has 0 atom stereocenters. The van der Waals surface area contributed by atoms with Crippen LogP contribution in [0, 0.1) is 0 Å². The van der Waals surface area contributed by atoms with Crippen LogP contribution in [0.3, 0.4) is 0 Å². The van der Waals surface area contributed by atoms with E-state index in [2.05, 4.69) is 13.8 Å². The predicted octanol–water partition coefficient (Wildman–Crippen LogP) is 11.7. The summed E-state index contributed by atoms with van der Waals surface area (Å²) in [6.07, 6.45) is 28.5. The number of unbranched alkanes of at least 4 members (excludes halogenated alkanes) is 20. The summed E-state index contributed by atoms with van der Waals surface area (Å²) in [4.78, 5) is 25.6. The summed E-state index contributed by atoms with van der Waals surface area (Å²) in [7, 11) is -2.98. The molecule has 0 aliphatic rings. The lowest BCUT2D eigenvalue weighted by atomic mass is 10.1. The molecule has 0 aromatic carbocycles. The van der Waals surface area contributed by atoms with Crippen molar-refractivity contribution in [3.05, 3.63) is 0 Å². The van der Waals surface area contributed by atoms with E-state index in [1.807, 2.05) is 27.7 Å². The Labute approximate surface area is 245 Å². The van der Waals surface area contributed by atoms with Crippen LogP contribution < -0.4 is 0 Å². The zero-order chi connectivity index (χ0) is 29.2. The largest absolute Gasteiger partial charge is 0.484 e. The van der Waals surface area contributed by atoms with E-state index < -0.39 is 8.56 Å². The molecule has 0 fully saturated rings. The highest BCUT2D eigenvalue weighted by molar-refractivity contribution is 6.73. The van der Waals surface area contributed by atoms with Crippen LogP contribution in [0.4, 0.5) is 0 Å². The van der Waals surface area contributed by atoms with Crippen molar-refractivity contribution in [2.24, 2.45) is 0 Å². The maximum atomic E-state index is 12.8. The number of carbonyl (C=O) groups excluding carboxylic acids is 2. The molecule has 0 aliphatic heterocycles. The van der Waals surface area contributed by atoms with Gasteiger partial charge in [-0.05, 0) is 12.8 Å². The Kier molecular flexibility index (Phi) is 25.5. The van der Waals surface area contributed by atoms with Gasteiger partial charge in [-0.2, -0.15) is 0 Å². The van der Waals surface area contributed by atoms with E-state index in [1.54, 1.807) is 0 Å². The van der Waals surface area contributed by atoms with Crippen LogP contribution in [0.5, 0.6) is 0 Å². The Balaban J connectivity index is 4.20. The van der Waals surface area contributed by atoms with Gasteiger partial charge in [0.05, 0.1) is 0 Å². The van der Waals surface area contributed by atoms with Crippen LogP contribution in [0.25, 0.3) is 0 Å². The molecule has 0 amide bonds. The van der Waals surface area contributed by atoms with E-state index in [4.69, 9.17) is 8.85 Å². The molecule has 0 aliphatic carbocycles. The lowest BCUT2D eigenvalue weighted by molar-refractivity contribution is -0.142. The van der Waals surface area contributed by atoms with Gasteiger partial charge in [0.15, 0.2) is 0 Å². The van der Waals surface area contributed by atoms with Crippen molar-refractivity contribution in [1.82, 2.24) is 0 Å². The molecule has 0 bridgehead atoms. The van der Waals surface area contributed by atoms with Gasteiger partial charge < -0.3 is 8.85 Å². The molecule has 5 heteroatoms. The first-order valence-electron chi connectivity index (χ1n) is 17.2. The Morgan fingerprint density at radius 3 is 0.897 bits per heavy atom. The Bertz CT molecular complexity index is 526. The molecule has 39 heavy (non-hydrogen) atoms. The van der Waals surface area contributed by atoms with E-state index in [1.165, 1.54) is 116 Å². The third-order valence-electron chi connectivity index (χ3n) is 8.13. The van der Waals surface area contributed by atoms with Gasteiger partial charge in [-0.3, -0.25) is 9.59 Å². The van der Waals surface area contributed by atoms with Crippen LogP contribution in [0.2, 0.25) is 11.1 Å². The van der Waals surface area contributed by atoms with Crippen molar-refractivity contribution in [2.75, 3.05) is 0 Å². The first-order chi connectivity index (χ1) is 18.8. The molecule has 0 aromatic heterocycles. The second-order valence-electron chi connectivity index (χ2n) is 12.6. The lowest BCUT2D eigenvalue weighted by Crippen LogP contribution is -2.51. The van der Waals surface area contributed by atoms with Gasteiger partial charge in [0.25, 0.3) is 11.9 Å². The quantitative estimate of drug-likeness (QED) is 0.0695. The fourth-order valence-electron chi connectivity index (χ4n) is 5.48. The van der Waals surface area contributed by atoms with Gasteiger partial charge in [0.2, 0.25) is 0 Å². The Morgan fingerprint density at radius 1 is 0.436 bits per heavy atom. The van der Waals surface area contributed by atoms with Crippen molar-refractivity contribution < 1.29 is 18.4 Å². The maximum absolute atomic E-state index is 12.8. The summed E-state index contributed by atoms with van der Waals surface area (Å²) in [5, 5.41) is 0. The molecule has 4 nitrogen and oxygen atoms in total. The molecule has 232 valence electrons. The first kappa shape index (κ1) is 38.2. The van der Waals surface area contributed by atoms with Crippen molar-refractivity contribution >= 4 is 20.5 Å². The van der Waals surface area contributed by atoms with Gasteiger partial charge in [-0.15, -0.1) is 0 Å². The third kappa shape index (κ3) is 20.7. The SMILES string of the molecule is CCCCCCCCCCCCCC(=O)O[Si](OC(=O)CCCCCCCCCCCCC)(C(C)C)C(C)C. The minimum Gasteiger partial charge on any atom is -0.484 e. The van der Waals surface area contributed by atoms with Crippen LogP contribution in [0.1, 0.15) is 196 Å². The molecule has 0 saturated carbocycles. The fourth-order valence-corrected chi connectivity index (χ4v) is 8.72. The predicted molar refractivity (Wildman–Crippen MR) is 170 cm³/mol. The minimum absolute atomic E-state index is 0.0417. The molecule has 0 spiro atoms. The van der Waals surface area contributed by atoms with E-state index in [0.717, 1.165) is 25.7 Å². The van der Waals surface area contributed by atoms with Crippen LogP contribution in [-0.2, 0) is 18.4 Å². The van der Waals surface area contributed by atoms with Crippen molar-refractivity contribution in [3.63, 3.8) is 0 Å². The van der Waals surface area contributed by atoms with Crippen molar-refractivity contribution in [3.8, 4) is 0 Å². The second-order valence-corrected chi connectivity index (χ2v) is 16.7. The topological polar surface area (TPSA) is 52.6 Å².